The maximum absolute atomic E-state index is 11.5. The molecule has 0 aliphatic rings. The van der Waals surface area contributed by atoms with Gasteiger partial charge in [-0.05, 0) is 5.56 Å². The van der Waals surface area contributed by atoms with Crippen LogP contribution in [-0.4, -0.2) is 11.1 Å². The van der Waals surface area contributed by atoms with E-state index in [0.29, 0.717) is 0 Å². The van der Waals surface area contributed by atoms with Crippen LogP contribution >= 0.6 is 0 Å². The fraction of sp³-hybridized carbons (Fsp3) is 0.231. The van der Waals surface area contributed by atoms with Gasteiger partial charge < -0.3 is 18.7 Å². The van der Waals surface area contributed by atoms with Crippen LogP contribution < -0.4 is 5.82 Å². The molecular formula is C13H12O6. The van der Waals surface area contributed by atoms with Crippen LogP contribution in [0.4, 0.5) is 0 Å². The Bertz CT molecular complexity index is 595. The van der Waals surface area contributed by atoms with Gasteiger partial charge in [-0.25, -0.2) is 4.79 Å². The van der Waals surface area contributed by atoms with E-state index in [0.717, 1.165) is 5.56 Å². The van der Waals surface area contributed by atoms with Crippen LogP contribution in [0.1, 0.15) is 17.7 Å². The Morgan fingerprint density at radius 3 is 2.58 bits per heavy atom. The molecule has 6 heteroatoms. The van der Waals surface area contributed by atoms with E-state index in [1.54, 1.807) is 0 Å². The molecule has 6 nitrogen and oxygen atoms in total. The summed E-state index contributed by atoms with van der Waals surface area (Å²) in [6.45, 7) is 0.182. The van der Waals surface area contributed by atoms with Crippen molar-refractivity contribution in [2.45, 2.75) is 19.4 Å². The van der Waals surface area contributed by atoms with Crippen molar-refractivity contribution in [1.29, 1.82) is 0 Å². The average molecular weight is 264 g/mol. The Labute approximate surface area is 108 Å². The van der Waals surface area contributed by atoms with Gasteiger partial charge in [0.05, 0.1) is 6.42 Å². The molecule has 100 valence electrons. The first-order valence-electron chi connectivity index (χ1n) is 5.66. The topological polar surface area (TPSA) is 89.9 Å². The Kier molecular flexibility index (Phi) is 4.02. The summed E-state index contributed by atoms with van der Waals surface area (Å²) in [4.78, 5) is 22.1. The molecule has 1 aromatic carbocycles. The number of carbonyl (C=O) groups is 1. The van der Waals surface area contributed by atoms with E-state index in [1.165, 1.54) is 0 Å². The fourth-order valence-electron chi connectivity index (χ4n) is 1.48. The van der Waals surface area contributed by atoms with E-state index >= 15 is 0 Å². The highest BCUT2D eigenvalue weighted by atomic mass is 16.6. The lowest BCUT2D eigenvalue weighted by Crippen LogP contribution is -2.05. The van der Waals surface area contributed by atoms with Crippen LogP contribution in [-0.2, 0) is 22.6 Å². The molecule has 0 aliphatic carbocycles. The third kappa shape index (κ3) is 3.74. The molecule has 0 saturated carbocycles. The lowest BCUT2D eigenvalue weighted by atomic mass is 10.2. The van der Waals surface area contributed by atoms with Crippen molar-refractivity contribution in [3.63, 3.8) is 0 Å². The van der Waals surface area contributed by atoms with E-state index in [2.05, 4.69) is 8.83 Å². The Hall–Kier alpha value is -2.50. The Morgan fingerprint density at radius 1 is 1.21 bits per heavy atom. The molecule has 19 heavy (non-hydrogen) atoms. The second-order valence-electron chi connectivity index (χ2n) is 3.83. The van der Waals surface area contributed by atoms with Crippen molar-refractivity contribution in [2.75, 3.05) is 0 Å². The minimum Gasteiger partial charge on any atom is -0.478 e. The predicted molar refractivity (Wildman–Crippen MR) is 63.5 cm³/mol. The molecule has 2 rings (SSSR count). The normalized spacial score (nSPS) is 10.3. The highest BCUT2D eigenvalue weighted by molar-refractivity contribution is 5.69. The average Bonchev–Trinajstić information content (AvgIpc) is 2.73. The molecule has 1 aromatic heterocycles. The number of rotatable bonds is 5. The first kappa shape index (κ1) is 12.9. The van der Waals surface area contributed by atoms with Gasteiger partial charge in [0, 0.05) is 6.42 Å². The zero-order chi connectivity index (χ0) is 13.7. The number of ether oxygens (including phenoxy) is 1. The van der Waals surface area contributed by atoms with E-state index in [4.69, 9.17) is 9.84 Å². The van der Waals surface area contributed by atoms with Crippen LogP contribution in [0.25, 0.3) is 0 Å². The van der Waals surface area contributed by atoms with Crippen LogP contribution in [0.2, 0.25) is 0 Å². The third-order valence-corrected chi connectivity index (χ3v) is 2.42. The van der Waals surface area contributed by atoms with Crippen molar-refractivity contribution in [1.82, 2.24) is 0 Å². The maximum Gasteiger partial charge on any atom is 0.521 e. The van der Waals surface area contributed by atoms with Gasteiger partial charge >= 0.3 is 17.7 Å². The van der Waals surface area contributed by atoms with E-state index in [-0.39, 0.29) is 25.2 Å². The molecule has 0 saturated heterocycles. The molecule has 0 unspecified atom stereocenters. The van der Waals surface area contributed by atoms with Crippen molar-refractivity contribution >= 4 is 5.97 Å². The molecule has 2 aromatic rings. The van der Waals surface area contributed by atoms with Gasteiger partial charge in [0.1, 0.15) is 6.61 Å². The number of aromatic hydroxyl groups is 1. The van der Waals surface area contributed by atoms with Crippen LogP contribution in [0.5, 0.6) is 5.95 Å². The SMILES string of the molecule is O=C(CCc1oc(=O)oc1O)OCc1ccccc1. The summed E-state index contributed by atoms with van der Waals surface area (Å²) in [6.07, 6.45) is 0.0358. The monoisotopic (exact) mass is 264 g/mol. The summed E-state index contributed by atoms with van der Waals surface area (Å²) >= 11 is 0. The summed E-state index contributed by atoms with van der Waals surface area (Å²) in [6, 6.07) is 9.25. The molecule has 0 atom stereocenters. The zero-order valence-electron chi connectivity index (χ0n) is 10.00. The van der Waals surface area contributed by atoms with Gasteiger partial charge in [-0.1, -0.05) is 30.3 Å². The first-order valence-corrected chi connectivity index (χ1v) is 5.66. The number of benzene rings is 1. The summed E-state index contributed by atoms with van der Waals surface area (Å²) in [5.74, 6) is -2.10. The van der Waals surface area contributed by atoms with Crippen LogP contribution in [0.3, 0.4) is 0 Å². The highest BCUT2D eigenvalue weighted by Gasteiger charge is 2.13. The Morgan fingerprint density at radius 2 is 1.95 bits per heavy atom. The van der Waals surface area contributed by atoms with Crippen molar-refractivity contribution in [3.05, 3.63) is 52.3 Å². The molecule has 0 fully saturated rings. The van der Waals surface area contributed by atoms with Gasteiger partial charge in [-0.2, -0.15) is 0 Å². The molecule has 1 N–H and O–H groups in total. The van der Waals surface area contributed by atoms with E-state index in [9.17, 15) is 9.59 Å². The van der Waals surface area contributed by atoms with Gasteiger partial charge in [-0.15, -0.1) is 0 Å². The quantitative estimate of drug-likeness (QED) is 0.825. The molecule has 0 bridgehead atoms. The summed E-state index contributed by atoms with van der Waals surface area (Å²) in [5, 5.41) is 9.14. The first-order chi connectivity index (χ1) is 9.15. The van der Waals surface area contributed by atoms with Crippen LogP contribution in [0.15, 0.2) is 44.0 Å². The largest absolute Gasteiger partial charge is 0.521 e. The minimum atomic E-state index is -0.995. The zero-order valence-corrected chi connectivity index (χ0v) is 10.00. The van der Waals surface area contributed by atoms with Crippen molar-refractivity contribution < 1.29 is 23.5 Å². The number of carbonyl (C=O) groups excluding carboxylic acids is 1. The van der Waals surface area contributed by atoms with Gasteiger partial charge in [0.25, 0.3) is 0 Å². The van der Waals surface area contributed by atoms with Gasteiger partial charge in [0.15, 0.2) is 5.76 Å². The lowest BCUT2D eigenvalue weighted by Gasteiger charge is -2.03. The second-order valence-corrected chi connectivity index (χ2v) is 3.83. The Balaban J connectivity index is 1.79. The molecule has 0 amide bonds. The van der Waals surface area contributed by atoms with Crippen molar-refractivity contribution in [2.24, 2.45) is 0 Å². The summed E-state index contributed by atoms with van der Waals surface area (Å²) in [7, 11) is 0. The van der Waals surface area contributed by atoms with Crippen LogP contribution in [0, 0.1) is 0 Å². The van der Waals surface area contributed by atoms with E-state index < -0.39 is 17.7 Å². The van der Waals surface area contributed by atoms with Crippen molar-refractivity contribution in [3.8, 4) is 5.95 Å². The van der Waals surface area contributed by atoms with Gasteiger partial charge in [-0.3, -0.25) is 4.79 Å². The minimum absolute atomic E-state index is 0.0110. The third-order valence-electron chi connectivity index (χ3n) is 2.42. The second kappa shape index (κ2) is 5.90. The summed E-state index contributed by atoms with van der Waals surface area (Å²) < 4.78 is 13.8. The van der Waals surface area contributed by atoms with E-state index in [1.807, 2.05) is 30.3 Å². The number of aryl methyl sites for hydroxylation is 1. The number of hydrogen-bond acceptors (Lipinski definition) is 6. The lowest BCUT2D eigenvalue weighted by molar-refractivity contribution is -0.145. The number of hydrogen-bond donors (Lipinski definition) is 1. The maximum atomic E-state index is 11.5. The molecular weight excluding hydrogens is 252 g/mol. The fourth-order valence-corrected chi connectivity index (χ4v) is 1.48. The molecule has 1 heterocycles. The number of esters is 1. The smallest absolute Gasteiger partial charge is 0.478 e. The summed E-state index contributed by atoms with van der Waals surface area (Å²) in [5.41, 5.74) is 0.883. The van der Waals surface area contributed by atoms with Gasteiger partial charge in [0.2, 0.25) is 0 Å². The highest BCUT2D eigenvalue weighted by Crippen LogP contribution is 2.16. The standard InChI is InChI=1S/C13H12O6/c14-11(17-8-9-4-2-1-3-5-9)7-6-10-12(15)19-13(16)18-10/h1-5,15H,6-8H2. The predicted octanol–water partition coefficient (Wildman–Crippen LogP) is 1.61. The molecule has 0 spiro atoms. The molecule has 0 aliphatic heterocycles. The molecule has 0 radical (unpaired) electrons.